The van der Waals surface area contributed by atoms with Gasteiger partial charge in [-0.15, -0.1) is 0 Å². The fourth-order valence-corrected chi connectivity index (χ4v) is 3.27. The van der Waals surface area contributed by atoms with E-state index < -0.39 is 17.9 Å². The number of nitrogens with one attached hydrogen (secondary N) is 4. The summed E-state index contributed by atoms with van der Waals surface area (Å²) in [6, 6.07) is 20.8. The van der Waals surface area contributed by atoms with Crippen LogP contribution in [0.3, 0.4) is 0 Å². The molecule has 0 aliphatic heterocycles. The van der Waals surface area contributed by atoms with Gasteiger partial charge in [0.05, 0.1) is 6.54 Å². The third-order valence-electron chi connectivity index (χ3n) is 5.37. The highest BCUT2D eigenvalue weighted by Crippen LogP contribution is 2.10. The minimum atomic E-state index is -1.04. The van der Waals surface area contributed by atoms with E-state index in [0.717, 1.165) is 11.1 Å². The van der Waals surface area contributed by atoms with Crippen LogP contribution in [0.5, 0.6) is 0 Å². The van der Waals surface area contributed by atoms with Gasteiger partial charge in [-0.2, -0.15) is 0 Å². The summed E-state index contributed by atoms with van der Waals surface area (Å²) in [5.74, 6) is 4.63. The van der Waals surface area contributed by atoms with Crippen molar-refractivity contribution in [2.24, 2.45) is 5.73 Å². The molecular weight excluding hydrogens is 470 g/mol. The summed E-state index contributed by atoms with van der Waals surface area (Å²) in [6.45, 7) is 2.69. The molecule has 1 atom stereocenters. The Morgan fingerprint density at radius 3 is 2.05 bits per heavy atom. The summed E-state index contributed by atoms with van der Waals surface area (Å²) in [4.78, 5) is 35.9. The summed E-state index contributed by atoms with van der Waals surface area (Å²) in [7, 11) is 0. The number of hydroxylamine groups is 1. The first-order chi connectivity index (χ1) is 17.9. The number of carbonyl (C=O) groups is 3. The third-order valence-corrected chi connectivity index (χ3v) is 5.37. The molecule has 0 saturated carbocycles. The Balaban J connectivity index is 1.48. The van der Waals surface area contributed by atoms with E-state index in [1.807, 2.05) is 43.3 Å². The number of nitrogens with two attached hydrogens (primary N) is 1. The van der Waals surface area contributed by atoms with Crippen molar-refractivity contribution in [3.05, 3.63) is 101 Å². The van der Waals surface area contributed by atoms with Crippen LogP contribution in [0.2, 0.25) is 0 Å². The van der Waals surface area contributed by atoms with E-state index in [4.69, 9.17) is 10.9 Å². The Morgan fingerprint density at radius 1 is 0.892 bits per heavy atom. The van der Waals surface area contributed by atoms with Crippen LogP contribution in [0, 0.1) is 18.8 Å². The van der Waals surface area contributed by atoms with Crippen LogP contribution < -0.4 is 27.2 Å². The number of amides is 3. The molecule has 0 spiro atoms. The Bertz CT molecular complexity index is 1280. The summed E-state index contributed by atoms with van der Waals surface area (Å²) in [5.41, 5.74) is 11.7. The standard InChI is InChI=1S/C28H29N5O4/c1-19-2-4-22(5-3-19)17-30-18-26(34)31-24-14-10-21(11-15-24)7-6-20-8-12-23(13-9-20)27(35)32-25(16-29)28(36)33-37/h2-5,8-15,25,30,37H,16-18,29H2,1H3,(H,31,34)(H,32,35)(H,33,36)/t25-/m0/s1. The van der Waals surface area contributed by atoms with Crippen LogP contribution in [-0.2, 0) is 16.1 Å². The van der Waals surface area contributed by atoms with E-state index in [9.17, 15) is 14.4 Å². The molecule has 0 fully saturated rings. The van der Waals surface area contributed by atoms with Gasteiger partial charge in [0.2, 0.25) is 5.91 Å². The SMILES string of the molecule is Cc1ccc(CNCC(=O)Nc2ccc(C#Cc3ccc(C(=O)N[C@@H](CN)C(=O)NO)cc3)cc2)cc1. The quantitative estimate of drug-likeness (QED) is 0.150. The van der Waals surface area contributed by atoms with E-state index in [1.54, 1.807) is 36.4 Å². The monoisotopic (exact) mass is 499 g/mol. The minimum Gasteiger partial charge on any atom is -0.339 e. The highest BCUT2D eigenvalue weighted by Gasteiger charge is 2.19. The van der Waals surface area contributed by atoms with Crippen LogP contribution in [-0.4, -0.2) is 42.1 Å². The van der Waals surface area contributed by atoms with Gasteiger partial charge in [-0.25, -0.2) is 5.48 Å². The van der Waals surface area contributed by atoms with E-state index >= 15 is 0 Å². The normalized spacial score (nSPS) is 11.0. The molecule has 37 heavy (non-hydrogen) atoms. The first-order valence-corrected chi connectivity index (χ1v) is 11.6. The van der Waals surface area contributed by atoms with Crippen LogP contribution >= 0.6 is 0 Å². The van der Waals surface area contributed by atoms with Crippen LogP contribution in [0.15, 0.2) is 72.8 Å². The average Bonchev–Trinajstić information content (AvgIpc) is 2.92. The molecule has 0 saturated heterocycles. The second kappa shape index (κ2) is 13.6. The third kappa shape index (κ3) is 8.59. The molecule has 0 heterocycles. The second-order valence-corrected chi connectivity index (χ2v) is 8.28. The molecule has 3 aromatic carbocycles. The zero-order valence-electron chi connectivity index (χ0n) is 20.4. The number of hydrogen-bond donors (Lipinski definition) is 6. The molecule has 0 bridgehead atoms. The number of anilines is 1. The van der Waals surface area contributed by atoms with Gasteiger partial charge in [-0.05, 0) is 61.0 Å². The summed E-state index contributed by atoms with van der Waals surface area (Å²) in [5, 5.41) is 17.1. The van der Waals surface area contributed by atoms with Gasteiger partial charge < -0.3 is 21.7 Å². The van der Waals surface area contributed by atoms with Crippen molar-refractivity contribution in [2.75, 3.05) is 18.4 Å². The smallest absolute Gasteiger partial charge is 0.267 e. The molecule has 3 amide bonds. The van der Waals surface area contributed by atoms with Crippen molar-refractivity contribution in [3.63, 3.8) is 0 Å². The van der Waals surface area contributed by atoms with E-state index in [0.29, 0.717) is 23.4 Å². The molecule has 3 aromatic rings. The lowest BCUT2D eigenvalue weighted by Crippen LogP contribution is -2.50. The van der Waals surface area contributed by atoms with Crippen molar-refractivity contribution in [2.45, 2.75) is 19.5 Å². The van der Waals surface area contributed by atoms with Gasteiger partial charge in [-0.3, -0.25) is 19.6 Å². The van der Waals surface area contributed by atoms with Gasteiger partial charge in [0, 0.05) is 35.5 Å². The maximum atomic E-state index is 12.3. The number of aryl methyl sites for hydroxylation is 1. The van der Waals surface area contributed by atoms with Crippen molar-refractivity contribution in [3.8, 4) is 11.8 Å². The molecule has 190 valence electrons. The van der Waals surface area contributed by atoms with Crippen LogP contribution in [0.25, 0.3) is 0 Å². The van der Waals surface area contributed by atoms with Crippen molar-refractivity contribution in [1.82, 2.24) is 16.1 Å². The zero-order chi connectivity index (χ0) is 26.6. The van der Waals surface area contributed by atoms with Crippen molar-refractivity contribution in [1.29, 1.82) is 0 Å². The maximum absolute atomic E-state index is 12.3. The minimum absolute atomic E-state index is 0.134. The summed E-state index contributed by atoms with van der Waals surface area (Å²) < 4.78 is 0. The van der Waals surface area contributed by atoms with Crippen LogP contribution in [0.4, 0.5) is 5.69 Å². The van der Waals surface area contributed by atoms with Gasteiger partial charge in [0.1, 0.15) is 6.04 Å². The molecule has 7 N–H and O–H groups in total. The lowest BCUT2D eigenvalue weighted by molar-refractivity contribution is -0.130. The number of hydrogen-bond acceptors (Lipinski definition) is 6. The maximum Gasteiger partial charge on any atom is 0.267 e. The first-order valence-electron chi connectivity index (χ1n) is 11.6. The second-order valence-electron chi connectivity index (χ2n) is 8.28. The molecule has 0 radical (unpaired) electrons. The zero-order valence-corrected chi connectivity index (χ0v) is 20.4. The van der Waals surface area contributed by atoms with E-state index in [-0.39, 0.29) is 19.0 Å². The molecule has 9 heteroatoms. The molecule has 0 aromatic heterocycles. The van der Waals surface area contributed by atoms with Crippen molar-refractivity contribution >= 4 is 23.4 Å². The Labute approximate surface area is 215 Å². The molecule has 9 nitrogen and oxygen atoms in total. The number of benzene rings is 3. The Kier molecular flexibility index (Phi) is 9.93. The largest absolute Gasteiger partial charge is 0.339 e. The Morgan fingerprint density at radius 2 is 1.49 bits per heavy atom. The first kappa shape index (κ1) is 27.1. The predicted molar refractivity (Wildman–Crippen MR) is 141 cm³/mol. The lowest BCUT2D eigenvalue weighted by Gasteiger charge is -2.14. The van der Waals surface area contributed by atoms with Crippen LogP contribution in [0.1, 0.15) is 32.6 Å². The van der Waals surface area contributed by atoms with Gasteiger partial charge in [-0.1, -0.05) is 41.7 Å². The topological polar surface area (TPSA) is 146 Å². The summed E-state index contributed by atoms with van der Waals surface area (Å²) >= 11 is 0. The van der Waals surface area contributed by atoms with Gasteiger partial charge in [0.15, 0.2) is 0 Å². The number of rotatable bonds is 9. The van der Waals surface area contributed by atoms with E-state index in [2.05, 4.69) is 27.8 Å². The highest BCUT2D eigenvalue weighted by atomic mass is 16.5. The molecule has 0 aliphatic carbocycles. The molecule has 0 aliphatic rings. The average molecular weight is 500 g/mol. The highest BCUT2D eigenvalue weighted by molar-refractivity contribution is 5.97. The van der Waals surface area contributed by atoms with Gasteiger partial charge in [0.25, 0.3) is 11.8 Å². The van der Waals surface area contributed by atoms with E-state index in [1.165, 1.54) is 11.0 Å². The van der Waals surface area contributed by atoms with Gasteiger partial charge >= 0.3 is 0 Å². The summed E-state index contributed by atoms with van der Waals surface area (Å²) in [6.07, 6.45) is 0. The number of carbonyl (C=O) groups excluding carboxylic acids is 3. The molecular formula is C28H29N5O4. The fourth-order valence-electron chi connectivity index (χ4n) is 3.27. The Hall–Kier alpha value is -4.49. The lowest BCUT2D eigenvalue weighted by atomic mass is 10.1. The molecule has 0 unspecified atom stereocenters. The molecule has 3 rings (SSSR count). The predicted octanol–water partition coefficient (Wildman–Crippen LogP) is 1.69. The fraction of sp³-hybridized carbons (Fsp3) is 0.179. The van der Waals surface area contributed by atoms with Crippen molar-refractivity contribution < 1.29 is 19.6 Å².